The van der Waals surface area contributed by atoms with Crippen molar-refractivity contribution < 1.29 is 31.5 Å². The van der Waals surface area contributed by atoms with Gasteiger partial charge in [-0.25, -0.2) is 17.2 Å². The summed E-state index contributed by atoms with van der Waals surface area (Å²) in [5.74, 6) is -3.43. The first-order valence-electron chi connectivity index (χ1n) is 7.44. The van der Waals surface area contributed by atoms with Crippen molar-refractivity contribution >= 4 is 39.2 Å². The van der Waals surface area contributed by atoms with Gasteiger partial charge in [-0.15, -0.1) is 11.8 Å². The van der Waals surface area contributed by atoms with Crippen LogP contribution in [0.3, 0.4) is 0 Å². The summed E-state index contributed by atoms with van der Waals surface area (Å²) in [6.07, 6.45) is -0.775. The van der Waals surface area contributed by atoms with Gasteiger partial charge in [0.25, 0.3) is 5.91 Å². The van der Waals surface area contributed by atoms with E-state index in [1.807, 2.05) is 5.32 Å². The van der Waals surface area contributed by atoms with Crippen molar-refractivity contribution in [2.24, 2.45) is 0 Å². The monoisotopic (exact) mass is 393 g/mol. The number of ether oxygens (including phenoxy) is 1. The molecule has 2 rings (SSSR count). The summed E-state index contributed by atoms with van der Waals surface area (Å²) >= 11 is 1.15. The molecule has 1 saturated heterocycles. The molecule has 1 N–H and O–H groups in total. The lowest BCUT2D eigenvalue weighted by Gasteiger charge is -2.15. The number of rotatable bonds is 6. The molecule has 138 valence electrons. The molecule has 1 aromatic rings. The smallest absolute Gasteiger partial charge is 0.316 e. The van der Waals surface area contributed by atoms with Gasteiger partial charge < -0.3 is 10.1 Å². The fraction of sp³-hybridized carbons (Fsp3) is 0.467. The Morgan fingerprint density at radius 3 is 2.56 bits per heavy atom. The summed E-state index contributed by atoms with van der Waals surface area (Å²) in [5, 5.41) is 1.87. The maximum atomic E-state index is 13.5. The summed E-state index contributed by atoms with van der Waals surface area (Å²) in [6.45, 7) is 1.27. The van der Waals surface area contributed by atoms with Gasteiger partial charge in [0, 0.05) is 5.25 Å². The van der Waals surface area contributed by atoms with Crippen molar-refractivity contribution in [3.8, 4) is 0 Å². The Bertz CT molecular complexity index is 749. The zero-order valence-corrected chi connectivity index (χ0v) is 15.0. The van der Waals surface area contributed by atoms with Gasteiger partial charge in [-0.2, -0.15) is 0 Å². The minimum absolute atomic E-state index is 0.0214. The van der Waals surface area contributed by atoms with Crippen molar-refractivity contribution in [1.29, 1.82) is 0 Å². The number of halogens is 2. The average Bonchev–Trinajstić information content (AvgIpc) is 2.88. The molecule has 1 heterocycles. The first-order valence-corrected chi connectivity index (χ1v) is 10.3. The molecule has 0 radical (unpaired) electrons. The zero-order valence-electron chi connectivity index (χ0n) is 13.3. The lowest BCUT2D eigenvalue weighted by Crippen LogP contribution is -2.31. The number of thioether (sulfide) groups is 1. The zero-order chi connectivity index (χ0) is 18.6. The minimum Gasteiger partial charge on any atom is -0.452 e. The summed E-state index contributed by atoms with van der Waals surface area (Å²) in [6, 6.07) is 3.13. The quantitative estimate of drug-likeness (QED) is 0.741. The minimum atomic E-state index is -3.03. The van der Waals surface area contributed by atoms with E-state index in [2.05, 4.69) is 0 Å². The molecule has 0 aliphatic carbocycles. The van der Waals surface area contributed by atoms with E-state index in [1.54, 1.807) is 0 Å². The number of nitrogens with one attached hydrogen (secondary N) is 1. The number of benzene rings is 1. The number of hydrogen-bond donors (Lipinski definition) is 1. The molecule has 1 fully saturated rings. The number of carbonyl (C=O) groups excluding carboxylic acids is 2. The largest absolute Gasteiger partial charge is 0.452 e. The van der Waals surface area contributed by atoms with Gasteiger partial charge in [0.05, 0.1) is 17.3 Å². The molecular weight excluding hydrogens is 376 g/mol. The second-order valence-electron chi connectivity index (χ2n) is 5.55. The highest BCUT2D eigenvalue weighted by atomic mass is 32.2. The molecule has 10 heteroatoms. The Kier molecular flexibility index (Phi) is 6.39. The van der Waals surface area contributed by atoms with Gasteiger partial charge in [0.2, 0.25) is 0 Å². The molecule has 1 aliphatic heterocycles. The third-order valence-electron chi connectivity index (χ3n) is 3.52. The van der Waals surface area contributed by atoms with E-state index in [0.717, 1.165) is 30.0 Å². The van der Waals surface area contributed by atoms with Gasteiger partial charge >= 0.3 is 5.97 Å². The average molecular weight is 393 g/mol. The third-order valence-corrected chi connectivity index (χ3v) is 6.77. The second kappa shape index (κ2) is 8.13. The Hall–Kier alpha value is -1.68. The van der Waals surface area contributed by atoms with E-state index in [9.17, 15) is 26.8 Å². The van der Waals surface area contributed by atoms with E-state index < -0.39 is 45.1 Å². The Balaban J connectivity index is 1.81. The highest BCUT2D eigenvalue weighted by Crippen LogP contribution is 2.24. The fourth-order valence-corrected chi connectivity index (χ4v) is 5.63. The van der Waals surface area contributed by atoms with E-state index in [0.29, 0.717) is 6.42 Å². The molecule has 1 aromatic carbocycles. The van der Waals surface area contributed by atoms with Crippen LogP contribution >= 0.6 is 11.8 Å². The molecule has 2 atom stereocenters. The van der Waals surface area contributed by atoms with E-state index in [1.165, 1.54) is 6.92 Å². The normalized spacial score (nSPS) is 20.0. The van der Waals surface area contributed by atoms with Crippen LogP contribution in [-0.4, -0.2) is 48.9 Å². The van der Waals surface area contributed by atoms with Crippen LogP contribution in [0, 0.1) is 11.6 Å². The molecule has 0 saturated carbocycles. The van der Waals surface area contributed by atoms with Crippen molar-refractivity contribution in [3.63, 3.8) is 0 Å². The predicted molar refractivity (Wildman–Crippen MR) is 90.1 cm³/mol. The molecule has 0 spiro atoms. The number of carbonyl (C=O) groups is 2. The molecule has 25 heavy (non-hydrogen) atoms. The number of sulfone groups is 1. The highest BCUT2D eigenvalue weighted by molar-refractivity contribution is 8.02. The first kappa shape index (κ1) is 19.6. The molecule has 1 amide bonds. The molecular formula is C15H17F2NO5S2. The number of para-hydroxylation sites is 1. The number of hydrogen-bond acceptors (Lipinski definition) is 6. The highest BCUT2D eigenvalue weighted by Gasteiger charge is 2.29. The summed E-state index contributed by atoms with van der Waals surface area (Å²) in [4.78, 5) is 23.6. The maximum absolute atomic E-state index is 13.5. The topological polar surface area (TPSA) is 89.5 Å². The number of anilines is 1. The van der Waals surface area contributed by atoms with E-state index >= 15 is 0 Å². The fourth-order valence-electron chi connectivity index (χ4n) is 2.21. The summed E-state index contributed by atoms with van der Waals surface area (Å²) in [7, 11) is -3.03. The van der Waals surface area contributed by atoms with Crippen LogP contribution in [0.5, 0.6) is 0 Å². The molecule has 0 aromatic heterocycles. The molecule has 1 aliphatic rings. The van der Waals surface area contributed by atoms with Gasteiger partial charge in [0.1, 0.15) is 17.3 Å². The number of esters is 1. The molecule has 0 bridgehead atoms. The van der Waals surface area contributed by atoms with Crippen LogP contribution in [0.25, 0.3) is 0 Å². The lowest BCUT2D eigenvalue weighted by molar-refractivity contribution is -0.150. The van der Waals surface area contributed by atoms with Crippen molar-refractivity contribution in [2.45, 2.75) is 24.7 Å². The van der Waals surface area contributed by atoms with Gasteiger partial charge in [-0.1, -0.05) is 6.07 Å². The van der Waals surface area contributed by atoms with Crippen LogP contribution in [0.15, 0.2) is 18.2 Å². The maximum Gasteiger partial charge on any atom is 0.316 e. The van der Waals surface area contributed by atoms with Gasteiger partial charge in [-0.05, 0) is 25.5 Å². The van der Waals surface area contributed by atoms with Gasteiger partial charge in [-0.3, -0.25) is 9.59 Å². The molecule has 6 nitrogen and oxygen atoms in total. The van der Waals surface area contributed by atoms with Crippen molar-refractivity contribution in [1.82, 2.24) is 0 Å². The van der Waals surface area contributed by atoms with Crippen LogP contribution in [0.4, 0.5) is 14.5 Å². The van der Waals surface area contributed by atoms with E-state index in [-0.39, 0.29) is 22.5 Å². The lowest BCUT2D eigenvalue weighted by atomic mass is 10.2. The van der Waals surface area contributed by atoms with Gasteiger partial charge in [0.15, 0.2) is 15.9 Å². The third kappa shape index (κ3) is 5.67. The van der Waals surface area contributed by atoms with Crippen LogP contribution < -0.4 is 5.32 Å². The number of amides is 1. The summed E-state index contributed by atoms with van der Waals surface area (Å²) in [5.41, 5.74) is -0.610. The SMILES string of the molecule is C[C@H](OC(=O)CS[C@@H]1CCS(=O)(=O)C1)C(=O)Nc1c(F)cccc1F. The second-order valence-corrected chi connectivity index (χ2v) is 9.07. The van der Waals surface area contributed by atoms with Crippen molar-refractivity contribution in [3.05, 3.63) is 29.8 Å². The van der Waals surface area contributed by atoms with Crippen LogP contribution in [0.1, 0.15) is 13.3 Å². The van der Waals surface area contributed by atoms with Crippen LogP contribution in [-0.2, 0) is 24.2 Å². The van der Waals surface area contributed by atoms with Crippen molar-refractivity contribution in [2.75, 3.05) is 22.6 Å². The Morgan fingerprint density at radius 2 is 2.00 bits per heavy atom. The first-order chi connectivity index (χ1) is 11.7. The standard InChI is InChI=1S/C15H17F2NO5S2/c1-9(15(20)18-14-11(16)3-2-4-12(14)17)23-13(19)7-24-10-5-6-25(21,22)8-10/h2-4,9-10H,5-8H2,1H3,(H,18,20)/t9-,10+/m0/s1. The summed E-state index contributed by atoms with van der Waals surface area (Å²) < 4.78 is 54.5. The Labute approximate surface area is 148 Å². The van der Waals surface area contributed by atoms with E-state index in [4.69, 9.17) is 4.74 Å². The van der Waals surface area contributed by atoms with Crippen LogP contribution in [0.2, 0.25) is 0 Å². The predicted octanol–water partition coefficient (Wildman–Crippen LogP) is 1.76. The molecule has 0 unspecified atom stereocenters. The Morgan fingerprint density at radius 1 is 1.36 bits per heavy atom.